The number of aryl methyl sites for hydroxylation is 1. The molecule has 3 nitrogen and oxygen atoms in total. The molecule has 1 amide bonds. The van der Waals surface area contributed by atoms with Gasteiger partial charge in [-0.1, -0.05) is 32.6 Å². The Morgan fingerprint density at radius 1 is 1.40 bits per heavy atom. The number of carbonyl (C=O) groups excluding carboxylic acids is 1. The normalized spacial score (nSPS) is 10.7. The number of hydrogen-bond acceptors (Lipinski definition) is 3. The summed E-state index contributed by atoms with van der Waals surface area (Å²) in [5.74, 6) is 5.93. The van der Waals surface area contributed by atoms with Crippen LogP contribution < -0.4 is 5.32 Å². The first-order valence-electron chi connectivity index (χ1n) is 6.46. The Labute approximate surface area is 125 Å². The number of anilines is 1. The number of amides is 1. The van der Waals surface area contributed by atoms with Crippen LogP contribution in [0.1, 0.15) is 31.9 Å². The Hall–Kier alpha value is -1.44. The predicted octanol–water partition coefficient (Wildman–Crippen LogP) is 2.81. The van der Waals surface area contributed by atoms with Gasteiger partial charge < -0.3 is 10.4 Å². The Balaban J connectivity index is 2.65. The summed E-state index contributed by atoms with van der Waals surface area (Å²) in [5, 5.41) is 11.6. The van der Waals surface area contributed by atoms with Crippen molar-refractivity contribution in [1.29, 1.82) is 0 Å². The van der Waals surface area contributed by atoms with Crippen LogP contribution in [-0.4, -0.2) is 28.1 Å². The van der Waals surface area contributed by atoms with E-state index in [2.05, 4.69) is 37.9 Å². The van der Waals surface area contributed by atoms with E-state index < -0.39 is 0 Å². The minimum absolute atomic E-state index is 0.00137. The standard InChI is InChI=1S/C16H21NO2S/c1-12-10-14(8-7-13(12)6-5-9-18)17-15(19)11-20-16(2,3)4/h7-8,10,18H,9,11H2,1-4H3,(H,17,19). The van der Waals surface area contributed by atoms with Gasteiger partial charge in [0.15, 0.2) is 0 Å². The van der Waals surface area contributed by atoms with Crippen LogP contribution in [0.15, 0.2) is 18.2 Å². The van der Waals surface area contributed by atoms with Gasteiger partial charge in [0, 0.05) is 16.0 Å². The highest BCUT2D eigenvalue weighted by atomic mass is 32.2. The second-order valence-electron chi connectivity index (χ2n) is 5.44. The zero-order valence-electron chi connectivity index (χ0n) is 12.4. The van der Waals surface area contributed by atoms with E-state index in [1.165, 1.54) is 0 Å². The summed E-state index contributed by atoms with van der Waals surface area (Å²) in [6, 6.07) is 5.57. The first-order valence-corrected chi connectivity index (χ1v) is 7.44. The molecule has 1 rings (SSSR count). The third-order valence-electron chi connectivity index (χ3n) is 2.45. The first-order chi connectivity index (χ1) is 9.31. The van der Waals surface area contributed by atoms with Crippen LogP contribution in [0.3, 0.4) is 0 Å². The highest BCUT2D eigenvalue weighted by Gasteiger charge is 2.13. The zero-order chi connectivity index (χ0) is 15.2. The van der Waals surface area contributed by atoms with Crippen LogP contribution in [0, 0.1) is 18.8 Å². The van der Waals surface area contributed by atoms with E-state index in [1.807, 2.05) is 25.1 Å². The van der Waals surface area contributed by atoms with Gasteiger partial charge >= 0.3 is 0 Å². The predicted molar refractivity (Wildman–Crippen MR) is 86.0 cm³/mol. The lowest BCUT2D eigenvalue weighted by atomic mass is 10.1. The molecule has 0 aliphatic heterocycles. The number of rotatable bonds is 3. The van der Waals surface area contributed by atoms with Gasteiger partial charge in [0.05, 0.1) is 5.75 Å². The summed E-state index contributed by atoms with van der Waals surface area (Å²) in [4.78, 5) is 11.8. The van der Waals surface area contributed by atoms with Gasteiger partial charge in [0.25, 0.3) is 0 Å². The molecule has 0 aliphatic rings. The van der Waals surface area contributed by atoms with E-state index in [-0.39, 0.29) is 17.3 Å². The fourth-order valence-electron chi connectivity index (χ4n) is 1.50. The van der Waals surface area contributed by atoms with Crippen LogP contribution in [0.4, 0.5) is 5.69 Å². The molecule has 0 heterocycles. The second-order valence-corrected chi connectivity index (χ2v) is 7.24. The quantitative estimate of drug-likeness (QED) is 0.842. The first kappa shape index (κ1) is 16.6. The van der Waals surface area contributed by atoms with Gasteiger partial charge in [0.1, 0.15) is 6.61 Å². The molecule has 0 spiro atoms. The fraction of sp³-hybridized carbons (Fsp3) is 0.438. The van der Waals surface area contributed by atoms with Crippen molar-refractivity contribution >= 4 is 23.4 Å². The summed E-state index contributed by atoms with van der Waals surface area (Å²) < 4.78 is 0.0804. The number of hydrogen-bond donors (Lipinski definition) is 2. The van der Waals surface area contributed by atoms with Gasteiger partial charge in [-0.3, -0.25) is 4.79 Å². The van der Waals surface area contributed by atoms with Crippen molar-refractivity contribution in [3.05, 3.63) is 29.3 Å². The van der Waals surface area contributed by atoms with Crippen molar-refractivity contribution in [3.8, 4) is 11.8 Å². The molecule has 1 aromatic rings. The molecule has 1 aromatic carbocycles. The number of nitrogens with one attached hydrogen (secondary N) is 1. The summed E-state index contributed by atoms with van der Waals surface area (Å²) in [7, 11) is 0. The summed E-state index contributed by atoms with van der Waals surface area (Å²) >= 11 is 1.62. The van der Waals surface area contributed by atoms with Gasteiger partial charge in [0.2, 0.25) is 5.91 Å². The van der Waals surface area contributed by atoms with Crippen LogP contribution in [0.5, 0.6) is 0 Å². The van der Waals surface area contributed by atoms with Crippen LogP contribution >= 0.6 is 11.8 Å². The van der Waals surface area contributed by atoms with Gasteiger partial charge in [-0.25, -0.2) is 0 Å². The molecule has 20 heavy (non-hydrogen) atoms. The lowest BCUT2D eigenvalue weighted by Crippen LogP contribution is -2.18. The van der Waals surface area contributed by atoms with E-state index in [9.17, 15) is 4.79 Å². The van der Waals surface area contributed by atoms with Gasteiger partial charge in [-0.05, 0) is 30.7 Å². The van der Waals surface area contributed by atoms with E-state index in [1.54, 1.807) is 11.8 Å². The van der Waals surface area contributed by atoms with E-state index in [0.717, 1.165) is 16.8 Å². The molecule has 0 atom stereocenters. The minimum Gasteiger partial charge on any atom is -0.384 e. The Morgan fingerprint density at radius 2 is 2.10 bits per heavy atom. The maximum atomic E-state index is 11.8. The third-order valence-corrected chi connectivity index (χ3v) is 3.72. The molecule has 0 saturated heterocycles. The number of aliphatic hydroxyl groups is 1. The lowest BCUT2D eigenvalue weighted by molar-refractivity contribution is -0.113. The van der Waals surface area contributed by atoms with Crippen LogP contribution in [0.25, 0.3) is 0 Å². The lowest BCUT2D eigenvalue weighted by Gasteiger charge is -2.17. The van der Waals surface area contributed by atoms with Crippen molar-refractivity contribution < 1.29 is 9.90 Å². The molecule has 0 saturated carbocycles. The number of carbonyl (C=O) groups is 1. The zero-order valence-corrected chi connectivity index (χ0v) is 13.2. The molecule has 0 aromatic heterocycles. The smallest absolute Gasteiger partial charge is 0.234 e. The van der Waals surface area contributed by atoms with Crippen LogP contribution in [0.2, 0.25) is 0 Å². The molecule has 108 valence electrons. The number of thioether (sulfide) groups is 1. The Kier molecular flexibility index (Phi) is 6.12. The topological polar surface area (TPSA) is 49.3 Å². The molecule has 0 radical (unpaired) electrons. The monoisotopic (exact) mass is 291 g/mol. The van der Waals surface area contributed by atoms with Crippen molar-refractivity contribution in [2.24, 2.45) is 0 Å². The largest absolute Gasteiger partial charge is 0.384 e. The summed E-state index contributed by atoms with van der Waals surface area (Å²) in [6.07, 6.45) is 0. The Morgan fingerprint density at radius 3 is 2.65 bits per heavy atom. The molecular formula is C16H21NO2S. The second kappa shape index (κ2) is 7.37. The van der Waals surface area contributed by atoms with Gasteiger partial charge in [-0.2, -0.15) is 0 Å². The fourth-order valence-corrected chi connectivity index (χ4v) is 2.13. The van der Waals surface area contributed by atoms with Crippen molar-refractivity contribution in [2.75, 3.05) is 17.7 Å². The molecule has 0 bridgehead atoms. The van der Waals surface area contributed by atoms with Crippen molar-refractivity contribution in [2.45, 2.75) is 32.4 Å². The average Bonchev–Trinajstić information content (AvgIpc) is 2.35. The summed E-state index contributed by atoms with van der Waals surface area (Å²) in [6.45, 7) is 8.04. The Bertz CT molecular complexity index is 536. The average molecular weight is 291 g/mol. The molecule has 0 unspecified atom stereocenters. The number of benzene rings is 1. The highest BCUT2D eigenvalue weighted by Crippen LogP contribution is 2.23. The van der Waals surface area contributed by atoms with E-state index in [4.69, 9.17) is 5.11 Å². The molecule has 0 aliphatic carbocycles. The van der Waals surface area contributed by atoms with Gasteiger partial charge in [-0.15, -0.1) is 11.8 Å². The molecule has 4 heteroatoms. The third kappa shape index (κ3) is 6.14. The minimum atomic E-state index is -0.151. The van der Waals surface area contributed by atoms with Crippen molar-refractivity contribution in [3.63, 3.8) is 0 Å². The van der Waals surface area contributed by atoms with E-state index in [0.29, 0.717) is 5.75 Å². The summed E-state index contributed by atoms with van der Waals surface area (Å²) in [5.41, 5.74) is 2.62. The molecule has 0 fully saturated rings. The molecular weight excluding hydrogens is 270 g/mol. The van der Waals surface area contributed by atoms with Crippen molar-refractivity contribution in [1.82, 2.24) is 0 Å². The maximum Gasteiger partial charge on any atom is 0.234 e. The number of aliphatic hydroxyl groups excluding tert-OH is 1. The SMILES string of the molecule is Cc1cc(NC(=O)CSC(C)(C)C)ccc1C#CCO. The van der Waals surface area contributed by atoms with Crippen LogP contribution in [-0.2, 0) is 4.79 Å². The van der Waals surface area contributed by atoms with E-state index >= 15 is 0 Å². The maximum absolute atomic E-state index is 11.8. The highest BCUT2D eigenvalue weighted by molar-refractivity contribution is 8.01. The molecule has 2 N–H and O–H groups in total.